The lowest BCUT2D eigenvalue weighted by Crippen LogP contribution is -1.67. The zero-order valence-corrected chi connectivity index (χ0v) is 18.4. The molecule has 28 heavy (non-hydrogen) atoms. The summed E-state index contributed by atoms with van der Waals surface area (Å²) in [7, 11) is 0. The van der Waals surface area contributed by atoms with Crippen LogP contribution in [0.3, 0.4) is 0 Å². The Labute approximate surface area is 181 Å². The van der Waals surface area contributed by atoms with Gasteiger partial charge in [0.25, 0.3) is 0 Å². The molecule has 6 heterocycles. The van der Waals surface area contributed by atoms with Gasteiger partial charge in [-0.15, -0.1) is 45.3 Å². The fourth-order valence-electron chi connectivity index (χ4n) is 2.85. The number of nitrogens with zero attached hydrogens (tertiary/aromatic N) is 4. The van der Waals surface area contributed by atoms with Crippen LogP contribution in [0.25, 0.3) is 48.2 Å². The molecule has 10 heteroatoms. The van der Waals surface area contributed by atoms with Crippen LogP contribution in [0.2, 0.25) is 0 Å². The third-order valence-corrected chi connectivity index (χ3v) is 10.8. The Morgan fingerprint density at radius 3 is 1.39 bits per heavy atom. The maximum absolute atomic E-state index is 9.02. The summed E-state index contributed by atoms with van der Waals surface area (Å²) >= 11 is 9.62. The van der Waals surface area contributed by atoms with Gasteiger partial charge >= 0.3 is 0 Å². The first-order chi connectivity index (χ1) is 13.7. The zero-order valence-electron chi connectivity index (χ0n) is 13.5. The van der Waals surface area contributed by atoms with E-state index in [0.29, 0.717) is 0 Å². The highest BCUT2D eigenvalue weighted by molar-refractivity contribution is 7.35. The van der Waals surface area contributed by atoms with Crippen LogP contribution in [0, 0.1) is 22.7 Å². The number of aromatic nitrogens is 2. The molecule has 6 aromatic rings. The normalized spacial score (nSPS) is 11.5. The molecule has 0 fully saturated rings. The van der Waals surface area contributed by atoms with E-state index in [4.69, 9.17) is 20.5 Å². The number of hydrogen-bond donors (Lipinski definition) is 0. The lowest BCUT2D eigenvalue weighted by Gasteiger charge is -1.88. The van der Waals surface area contributed by atoms with Gasteiger partial charge in [-0.3, -0.25) is 0 Å². The number of rotatable bonds is 2. The second-order valence-electron chi connectivity index (χ2n) is 5.77. The number of fused-ring (bicyclic) bond motifs is 3. The van der Waals surface area contributed by atoms with Crippen molar-refractivity contribution in [2.24, 2.45) is 0 Å². The Bertz CT molecular complexity index is 1390. The lowest BCUT2D eigenvalue weighted by molar-refractivity contribution is 1.51. The van der Waals surface area contributed by atoms with Gasteiger partial charge < -0.3 is 0 Å². The van der Waals surface area contributed by atoms with Crippen LogP contribution in [0.1, 0.15) is 9.75 Å². The van der Waals surface area contributed by atoms with Gasteiger partial charge in [-0.2, -0.15) is 10.5 Å². The molecule has 0 radical (unpaired) electrons. The first-order valence-electron chi connectivity index (χ1n) is 7.85. The third-order valence-electron chi connectivity index (χ3n) is 4.03. The van der Waals surface area contributed by atoms with Crippen molar-refractivity contribution < 1.29 is 0 Å². The van der Waals surface area contributed by atoms with E-state index < -0.39 is 0 Å². The van der Waals surface area contributed by atoms with Crippen LogP contribution >= 0.6 is 68.0 Å². The predicted molar refractivity (Wildman–Crippen MR) is 122 cm³/mol. The van der Waals surface area contributed by atoms with Crippen LogP contribution in [0.4, 0.5) is 0 Å². The molecule has 0 aliphatic heterocycles. The van der Waals surface area contributed by atoms with Crippen molar-refractivity contribution in [3.05, 3.63) is 34.0 Å². The van der Waals surface area contributed by atoms with Gasteiger partial charge in [0.15, 0.2) is 9.66 Å². The molecular formula is C18H4N4S6. The van der Waals surface area contributed by atoms with Crippen LogP contribution in [-0.4, -0.2) is 9.97 Å². The van der Waals surface area contributed by atoms with Crippen LogP contribution in [-0.2, 0) is 0 Å². The third kappa shape index (κ3) is 2.54. The lowest BCUT2D eigenvalue weighted by atomic mass is 10.4. The quantitative estimate of drug-likeness (QED) is 0.266. The fraction of sp³-hybridized carbons (Fsp3) is 0. The van der Waals surface area contributed by atoms with E-state index in [2.05, 4.69) is 24.3 Å². The Hall–Kier alpha value is -2.18. The molecule has 0 saturated heterocycles. The van der Waals surface area contributed by atoms with Crippen LogP contribution in [0.15, 0.2) is 24.3 Å². The maximum atomic E-state index is 9.02. The summed E-state index contributed by atoms with van der Waals surface area (Å²) in [6.07, 6.45) is 0. The van der Waals surface area contributed by atoms with Gasteiger partial charge in [-0.25, -0.2) is 9.97 Å². The summed E-state index contributed by atoms with van der Waals surface area (Å²) < 4.78 is 4.55. The highest BCUT2D eigenvalue weighted by Gasteiger charge is 2.17. The largest absolute Gasteiger partial charge is 0.222 e. The Morgan fingerprint density at radius 1 is 0.571 bits per heavy atom. The van der Waals surface area contributed by atoms with E-state index in [1.807, 2.05) is 12.1 Å². The monoisotopic (exact) mass is 468 g/mol. The number of thiazole rings is 2. The number of thiophene rings is 4. The number of hydrogen-bond acceptors (Lipinski definition) is 10. The Morgan fingerprint density at radius 2 is 1.00 bits per heavy atom. The molecule has 132 valence electrons. The second-order valence-corrected chi connectivity index (χ2v) is 12.1. The number of nitriles is 2. The standard InChI is InChI=1S/C18H4N4S6/c19-5-7-1-9-11(23-7)3-13(25-9)15-21-17-18(27-15)22-16(28-17)14-4-12-10(26-14)2-8(6-20)24-12/h1-4H. The van der Waals surface area contributed by atoms with Crippen molar-refractivity contribution in [3.63, 3.8) is 0 Å². The van der Waals surface area contributed by atoms with E-state index >= 15 is 0 Å². The summed E-state index contributed by atoms with van der Waals surface area (Å²) in [6, 6.07) is 12.5. The van der Waals surface area contributed by atoms with Crippen molar-refractivity contribution in [3.8, 4) is 31.9 Å². The predicted octanol–water partition coefficient (Wildman–Crippen LogP) is 7.38. The van der Waals surface area contributed by atoms with E-state index in [-0.39, 0.29) is 0 Å². The molecule has 0 bridgehead atoms. The van der Waals surface area contributed by atoms with Gasteiger partial charge in [0.05, 0.1) is 9.75 Å². The molecule has 0 amide bonds. The first kappa shape index (κ1) is 16.7. The average Bonchev–Trinajstić information content (AvgIpc) is 3.44. The summed E-state index contributed by atoms with van der Waals surface area (Å²) in [5.74, 6) is 0. The van der Waals surface area contributed by atoms with Gasteiger partial charge in [0.1, 0.15) is 31.9 Å². The molecule has 0 aromatic carbocycles. The maximum Gasteiger partial charge on any atom is 0.155 e. The molecule has 6 aromatic heterocycles. The van der Waals surface area contributed by atoms with E-state index in [1.54, 1.807) is 45.3 Å². The van der Waals surface area contributed by atoms with E-state index in [0.717, 1.165) is 58.0 Å². The smallest absolute Gasteiger partial charge is 0.155 e. The Balaban J connectivity index is 1.38. The highest BCUT2D eigenvalue weighted by atomic mass is 32.1. The first-order valence-corrected chi connectivity index (χ1v) is 12.7. The molecule has 0 N–H and O–H groups in total. The van der Waals surface area contributed by atoms with E-state index in [9.17, 15) is 0 Å². The minimum absolute atomic E-state index is 0.747. The van der Waals surface area contributed by atoms with Gasteiger partial charge in [0.2, 0.25) is 0 Å². The fourth-order valence-corrected chi connectivity index (χ4v) is 9.37. The van der Waals surface area contributed by atoms with Crippen LogP contribution in [0.5, 0.6) is 0 Å². The van der Waals surface area contributed by atoms with E-state index in [1.165, 1.54) is 22.7 Å². The molecule has 6 rings (SSSR count). The van der Waals surface area contributed by atoms with Crippen molar-refractivity contribution in [1.82, 2.24) is 9.97 Å². The van der Waals surface area contributed by atoms with Crippen molar-refractivity contribution >= 4 is 96.5 Å². The average molecular weight is 469 g/mol. The molecule has 0 aliphatic rings. The zero-order chi connectivity index (χ0) is 18.8. The van der Waals surface area contributed by atoms with Gasteiger partial charge in [-0.05, 0) is 24.3 Å². The van der Waals surface area contributed by atoms with Crippen molar-refractivity contribution in [1.29, 1.82) is 10.5 Å². The van der Waals surface area contributed by atoms with Gasteiger partial charge in [0, 0.05) is 18.8 Å². The van der Waals surface area contributed by atoms with Gasteiger partial charge in [-0.1, -0.05) is 22.7 Å². The van der Waals surface area contributed by atoms with Crippen LogP contribution < -0.4 is 0 Å². The minimum atomic E-state index is 0.747. The van der Waals surface area contributed by atoms with Crippen molar-refractivity contribution in [2.75, 3.05) is 0 Å². The highest BCUT2D eigenvalue weighted by Crippen LogP contribution is 2.44. The summed E-state index contributed by atoms with van der Waals surface area (Å²) in [5.41, 5.74) is 0. The second kappa shape index (κ2) is 6.16. The molecule has 0 saturated carbocycles. The molecule has 0 spiro atoms. The molecule has 4 nitrogen and oxygen atoms in total. The molecule has 0 unspecified atom stereocenters. The molecule has 0 atom stereocenters. The van der Waals surface area contributed by atoms with Crippen molar-refractivity contribution in [2.45, 2.75) is 0 Å². The summed E-state index contributed by atoms with van der Waals surface area (Å²) in [4.78, 5) is 15.3. The molecule has 0 aliphatic carbocycles. The summed E-state index contributed by atoms with van der Waals surface area (Å²) in [6.45, 7) is 0. The topological polar surface area (TPSA) is 73.4 Å². The Kier molecular flexibility index (Phi) is 3.68. The molecular weight excluding hydrogens is 465 g/mol. The minimum Gasteiger partial charge on any atom is -0.222 e. The summed E-state index contributed by atoms with van der Waals surface area (Å²) in [5, 5.41) is 20.0. The SMILES string of the molecule is N#Cc1cc2sc(-c3nc4sc(-c5cc6sc(C#N)cc6s5)nc4s3)cc2s1.